The van der Waals surface area contributed by atoms with E-state index in [9.17, 15) is 0 Å². The molecule has 3 rings (SSSR count). The number of pyridine rings is 1. The molecule has 0 fully saturated rings. The van der Waals surface area contributed by atoms with E-state index in [1.54, 1.807) is 0 Å². The number of rotatable bonds is 3. The summed E-state index contributed by atoms with van der Waals surface area (Å²) < 4.78 is 0. The van der Waals surface area contributed by atoms with E-state index in [0.717, 1.165) is 16.6 Å². The predicted octanol–water partition coefficient (Wildman–Crippen LogP) is 3.40. The Morgan fingerprint density at radius 2 is 1.86 bits per heavy atom. The van der Waals surface area contributed by atoms with Crippen molar-refractivity contribution in [3.8, 4) is 0 Å². The van der Waals surface area contributed by atoms with Crippen molar-refractivity contribution in [1.29, 1.82) is 0 Å². The maximum Gasteiger partial charge on any atom is 0.0890 e. The van der Waals surface area contributed by atoms with Crippen molar-refractivity contribution in [2.45, 2.75) is 19.9 Å². The molecule has 0 spiro atoms. The lowest BCUT2D eigenvalue weighted by molar-refractivity contribution is 0.622. The minimum Gasteiger partial charge on any atom is -0.271 e. The molecule has 0 aliphatic carbocycles. The first kappa shape index (κ1) is 13.7. The van der Waals surface area contributed by atoms with E-state index >= 15 is 0 Å². The van der Waals surface area contributed by atoms with Gasteiger partial charge in [-0.15, -0.1) is 0 Å². The van der Waals surface area contributed by atoms with E-state index in [2.05, 4.69) is 54.6 Å². The molecule has 0 aliphatic rings. The van der Waals surface area contributed by atoms with E-state index in [0.29, 0.717) is 0 Å². The van der Waals surface area contributed by atoms with Gasteiger partial charge in [0.1, 0.15) is 0 Å². The van der Waals surface area contributed by atoms with E-state index < -0.39 is 0 Å². The summed E-state index contributed by atoms with van der Waals surface area (Å²) in [6.07, 6.45) is 1.84. The molecule has 21 heavy (non-hydrogen) atoms. The molecule has 2 aromatic carbocycles. The van der Waals surface area contributed by atoms with Crippen molar-refractivity contribution in [2.75, 3.05) is 0 Å². The number of nitrogens with two attached hydrogens (primary N) is 1. The summed E-state index contributed by atoms with van der Waals surface area (Å²) in [5, 5.41) is 2.30. The largest absolute Gasteiger partial charge is 0.271 e. The fraction of sp³-hybridized carbons (Fsp3) is 0.167. The standard InChI is InChI=1S/C18H19N3/c1-12-7-8-15(13(2)11-12)18(21-19)17-16-6-4-3-5-14(16)9-10-20-17/h3-11,18,21H,19H2,1-2H3. The van der Waals surface area contributed by atoms with Gasteiger partial charge in [0.15, 0.2) is 0 Å². The van der Waals surface area contributed by atoms with Gasteiger partial charge in [0, 0.05) is 11.6 Å². The summed E-state index contributed by atoms with van der Waals surface area (Å²) in [4.78, 5) is 4.58. The normalized spacial score (nSPS) is 12.5. The number of nitrogens with zero attached hydrogens (tertiary/aromatic N) is 1. The van der Waals surface area contributed by atoms with E-state index in [4.69, 9.17) is 5.84 Å². The summed E-state index contributed by atoms with van der Waals surface area (Å²) in [6.45, 7) is 4.20. The Morgan fingerprint density at radius 1 is 1.05 bits per heavy atom. The van der Waals surface area contributed by atoms with Crippen molar-refractivity contribution >= 4 is 10.8 Å². The van der Waals surface area contributed by atoms with Gasteiger partial charge in [0.25, 0.3) is 0 Å². The van der Waals surface area contributed by atoms with Crippen LogP contribution in [0.4, 0.5) is 0 Å². The number of hydrazine groups is 1. The van der Waals surface area contributed by atoms with Crippen LogP contribution in [0.2, 0.25) is 0 Å². The molecule has 0 radical (unpaired) electrons. The zero-order chi connectivity index (χ0) is 14.8. The maximum absolute atomic E-state index is 5.84. The molecule has 1 heterocycles. The number of aromatic nitrogens is 1. The van der Waals surface area contributed by atoms with Crippen molar-refractivity contribution < 1.29 is 0 Å². The SMILES string of the molecule is Cc1ccc(C(NN)c2nccc3ccccc23)c(C)c1. The second-order valence-corrected chi connectivity index (χ2v) is 5.38. The van der Waals surface area contributed by atoms with Gasteiger partial charge in [-0.2, -0.15) is 0 Å². The molecule has 3 heteroatoms. The van der Waals surface area contributed by atoms with Gasteiger partial charge in [-0.1, -0.05) is 48.0 Å². The van der Waals surface area contributed by atoms with Crippen molar-refractivity contribution in [3.05, 3.63) is 77.1 Å². The van der Waals surface area contributed by atoms with Crippen LogP contribution in [0.5, 0.6) is 0 Å². The van der Waals surface area contributed by atoms with Gasteiger partial charge in [0.05, 0.1) is 11.7 Å². The van der Waals surface area contributed by atoms with Crippen molar-refractivity contribution in [2.24, 2.45) is 5.84 Å². The molecule has 0 aliphatic heterocycles. The summed E-state index contributed by atoms with van der Waals surface area (Å²) in [5.74, 6) is 5.84. The average Bonchev–Trinajstić information content (AvgIpc) is 2.50. The van der Waals surface area contributed by atoms with Gasteiger partial charge in [-0.3, -0.25) is 10.8 Å². The van der Waals surface area contributed by atoms with Crippen molar-refractivity contribution in [3.63, 3.8) is 0 Å². The van der Waals surface area contributed by atoms with E-state index in [1.165, 1.54) is 16.5 Å². The third-order valence-corrected chi connectivity index (χ3v) is 3.88. The number of fused-ring (bicyclic) bond motifs is 1. The fourth-order valence-corrected chi connectivity index (χ4v) is 2.84. The van der Waals surface area contributed by atoms with Crippen LogP contribution in [-0.2, 0) is 0 Å². The summed E-state index contributed by atoms with van der Waals surface area (Å²) in [7, 11) is 0. The minimum absolute atomic E-state index is 0.114. The first-order chi connectivity index (χ1) is 10.2. The highest BCUT2D eigenvalue weighted by atomic mass is 15.2. The molecule has 0 saturated heterocycles. The molecular weight excluding hydrogens is 258 g/mol. The fourth-order valence-electron chi connectivity index (χ4n) is 2.84. The Bertz CT molecular complexity index is 775. The minimum atomic E-state index is -0.114. The van der Waals surface area contributed by atoms with Crippen LogP contribution in [0.15, 0.2) is 54.7 Å². The highest BCUT2D eigenvalue weighted by Gasteiger charge is 2.18. The molecule has 3 nitrogen and oxygen atoms in total. The lowest BCUT2D eigenvalue weighted by Gasteiger charge is -2.20. The number of nitrogens with one attached hydrogen (secondary N) is 1. The Kier molecular flexibility index (Phi) is 3.69. The van der Waals surface area contributed by atoms with Gasteiger partial charge >= 0.3 is 0 Å². The highest BCUT2D eigenvalue weighted by molar-refractivity contribution is 5.85. The number of aryl methyl sites for hydroxylation is 2. The molecule has 0 amide bonds. The Hall–Kier alpha value is -2.23. The van der Waals surface area contributed by atoms with Crippen molar-refractivity contribution in [1.82, 2.24) is 10.4 Å². The molecule has 0 bridgehead atoms. The van der Waals surface area contributed by atoms with Crippen LogP contribution in [-0.4, -0.2) is 4.98 Å². The van der Waals surface area contributed by atoms with E-state index in [-0.39, 0.29) is 6.04 Å². The highest BCUT2D eigenvalue weighted by Crippen LogP contribution is 2.28. The molecule has 3 aromatic rings. The zero-order valence-electron chi connectivity index (χ0n) is 12.3. The monoisotopic (exact) mass is 277 g/mol. The van der Waals surface area contributed by atoms with E-state index in [1.807, 2.05) is 24.4 Å². The molecule has 1 unspecified atom stereocenters. The number of benzene rings is 2. The van der Waals surface area contributed by atoms with Crippen LogP contribution in [0.1, 0.15) is 28.4 Å². The molecule has 106 valence electrons. The van der Waals surface area contributed by atoms with Gasteiger partial charge in [0.2, 0.25) is 0 Å². The predicted molar refractivity (Wildman–Crippen MR) is 86.8 cm³/mol. The zero-order valence-corrected chi connectivity index (χ0v) is 12.3. The van der Waals surface area contributed by atoms with Crippen LogP contribution in [0.3, 0.4) is 0 Å². The maximum atomic E-state index is 5.84. The van der Waals surface area contributed by atoms with Gasteiger partial charge < -0.3 is 0 Å². The van der Waals surface area contributed by atoms with Crippen LogP contribution in [0, 0.1) is 13.8 Å². The van der Waals surface area contributed by atoms with Gasteiger partial charge in [-0.25, -0.2) is 5.43 Å². The third kappa shape index (κ3) is 2.53. The topological polar surface area (TPSA) is 50.9 Å². The molecule has 3 N–H and O–H groups in total. The first-order valence-corrected chi connectivity index (χ1v) is 7.07. The summed E-state index contributed by atoms with van der Waals surface area (Å²) >= 11 is 0. The van der Waals surface area contributed by atoms with Crippen LogP contribution in [0.25, 0.3) is 10.8 Å². The summed E-state index contributed by atoms with van der Waals surface area (Å²) in [5.41, 5.74) is 7.51. The lowest BCUT2D eigenvalue weighted by Crippen LogP contribution is -2.30. The molecule has 0 saturated carbocycles. The molecular formula is C18H19N3. The van der Waals surface area contributed by atoms with Crippen LogP contribution >= 0.6 is 0 Å². The second-order valence-electron chi connectivity index (χ2n) is 5.38. The number of hydrogen-bond acceptors (Lipinski definition) is 3. The third-order valence-electron chi connectivity index (χ3n) is 3.88. The Labute approximate surface area is 124 Å². The average molecular weight is 277 g/mol. The Morgan fingerprint density at radius 3 is 2.62 bits per heavy atom. The molecule has 1 aromatic heterocycles. The first-order valence-electron chi connectivity index (χ1n) is 7.07. The molecule has 1 atom stereocenters. The lowest BCUT2D eigenvalue weighted by atomic mass is 9.94. The smallest absolute Gasteiger partial charge is 0.0890 e. The Balaban J connectivity index is 2.18. The van der Waals surface area contributed by atoms with Crippen LogP contribution < -0.4 is 11.3 Å². The van der Waals surface area contributed by atoms with Gasteiger partial charge in [-0.05, 0) is 36.4 Å². The summed E-state index contributed by atoms with van der Waals surface area (Å²) in [6, 6.07) is 16.6. The quantitative estimate of drug-likeness (QED) is 0.570. The number of hydrogen-bond donors (Lipinski definition) is 2. The second kappa shape index (κ2) is 5.64.